The number of nitrogens with one attached hydrogen (secondary N) is 2. The van der Waals surface area contributed by atoms with Gasteiger partial charge in [0, 0.05) is 48.4 Å². The molecular formula is C38H44F3N3O6. The normalized spacial score (nSPS) is 14.6. The second-order valence-corrected chi connectivity index (χ2v) is 12.9. The summed E-state index contributed by atoms with van der Waals surface area (Å²) < 4.78 is 39.9. The number of ketones is 3. The van der Waals surface area contributed by atoms with E-state index in [0.717, 1.165) is 5.56 Å². The zero-order valence-corrected chi connectivity index (χ0v) is 28.6. The number of rotatable bonds is 18. The molecule has 268 valence electrons. The van der Waals surface area contributed by atoms with Crippen molar-refractivity contribution in [3.63, 3.8) is 0 Å². The fourth-order valence-corrected chi connectivity index (χ4v) is 5.42. The van der Waals surface area contributed by atoms with Crippen LogP contribution in [-0.4, -0.2) is 63.6 Å². The molecule has 0 radical (unpaired) electrons. The van der Waals surface area contributed by atoms with Crippen LogP contribution in [0.2, 0.25) is 0 Å². The Morgan fingerprint density at radius 2 is 1.44 bits per heavy atom. The number of hydrogen-bond acceptors (Lipinski definition) is 7. The lowest BCUT2D eigenvalue weighted by Gasteiger charge is -2.27. The Morgan fingerprint density at radius 1 is 0.820 bits per heavy atom. The highest BCUT2D eigenvalue weighted by atomic mass is 19.4. The maximum Gasteiger partial charge on any atom is 0.416 e. The van der Waals surface area contributed by atoms with Crippen molar-refractivity contribution in [2.75, 3.05) is 0 Å². The molecule has 12 heteroatoms. The Balaban J connectivity index is 1.74. The first-order chi connectivity index (χ1) is 23.6. The van der Waals surface area contributed by atoms with Crippen LogP contribution < -0.4 is 10.6 Å². The number of amides is 2. The standard InChI is InChI=1S/C38H44F3N3O6/c1-23(2)29(21-33(46)28-16-18-30(42-22-28)27-13-9-6-10-14-27)37(50)44-32(20-26-11-7-5-8-12-26)34(47)19-24(3)36(49)43-31(17-15-25(4)45)35(48)38(39,40)41/h5-14,16,18,22-24,29,31-32,35,48H,15,17,19-21H2,1-4H3,(H,43,49)(H,44,50)/t24-,29+,31?,32+,35?/m1/s1. The van der Waals surface area contributed by atoms with Crippen LogP contribution in [0.15, 0.2) is 79.0 Å². The minimum absolute atomic E-state index is 0.0669. The highest BCUT2D eigenvalue weighted by molar-refractivity contribution is 5.99. The molecule has 2 unspecified atom stereocenters. The van der Waals surface area contributed by atoms with Gasteiger partial charge in [-0.15, -0.1) is 0 Å². The summed E-state index contributed by atoms with van der Waals surface area (Å²) in [7, 11) is 0. The van der Waals surface area contributed by atoms with Gasteiger partial charge in [-0.3, -0.25) is 24.2 Å². The Kier molecular flexibility index (Phi) is 14.6. The first-order valence-electron chi connectivity index (χ1n) is 16.5. The number of aliphatic hydroxyl groups is 1. The predicted molar refractivity (Wildman–Crippen MR) is 182 cm³/mol. The average Bonchev–Trinajstić information content (AvgIpc) is 3.08. The number of pyridine rings is 1. The molecular weight excluding hydrogens is 651 g/mol. The number of alkyl halides is 3. The summed E-state index contributed by atoms with van der Waals surface area (Å²) in [4.78, 5) is 69.4. The molecule has 1 aromatic heterocycles. The van der Waals surface area contributed by atoms with Gasteiger partial charge >= 0.3 is 6.18 Å². The number of aliphatic hydroxyl groups excluding tert-OH is 1. The van der Waals surface area contributed by atoms with Gasteiger partial charge in [0.25, 0.3) is 0 Å². The van der Waals surface area contributed by atoms with Crippen LogP contribution in [0, 0.1) is 17.8 Å². The Bertz CT molecular complexity index is 1600. The summed E-state index contributed by atoms with van der Waals surface area (Å²) in [6, 6.07) is 18.7. The van der Waals surface area contributed by atoms with E-state index in [0.29, 0.717) is 16.8 Å². The number of hydrogen-bond donors (Lipinski definition) is 3. The SMILES string of the molecule is CC(=O)CCC(NC(=O)[C@H](C)CC(=O)[C@H](Cc1ccccc1)NC(=O)[C@@H](CC(=O)c1ccc(-c2ccccc2)nc1)C(C)C)C(O)C(F)(F)F. The van der Waals surface area contributed by atoms with Crippen LogP contribution >= 0.6 is 0 Å². The van der Waals surface area contributed by atoms with Crippen molar-refractivity contribution < 1.29 is 42.3 Å². The van der Waals surface area contributed by atoms with Crippen molar-refractivity contribution in [2.24, 2.45) is 17.8 Å². The molecule has 0 aliphatic heterocycles. The Labute approximate surface area is 290 Å². The van der Waals surface area contributed by atoms with Crippen molar-refractivity contribution in [2.45, 2.75) is 84.2 Å². The number of aromatic nitrogens is 1. The van der Waals surface area contributed by atoms with E-state index in [1.807, 2.05) is 30.3 Å². The molecule has 3 N–H and O–H groups in total. The number of halogens is 3. The minimum Gasteiger partial charge on any atom is -0.382 e. The molecule has 0 aliphatic carbocycles. The monoisotopic (exact) mass is 695 g/mol. The second-order valence-electron chi connectivity index (χ2n) is 12.9. The minimum atomic E-state index is -5.05. The Hall–Kier alpha value is -4.71. The molecule has 0 aliphatic rings. The van der Waals surface area contributed by atoms with Gasteiger partial charge in [-0.25, -0.2) is 0 Å². The number of benzene rings is 2. The predicted octanol–water partition coefficient (Wildman–Crippen LogP) is 5.69. The maximum atomic E-state index is 13.7. The van der Waals surface area contributed by atoms with Gasteiger partial charge in [-0.05, 0) is 43.4 Å². The summed E-state index contributed by atoms with van der Waals surface area (Å²) in [5.41, 5.74) is 2.62. The molecule has 2 amide bonds. The lowest BCUT2D eigenvalue weighted by Crippen LogP contribution is -2.52. The molecule has 3 rings (SSSR count). The molecule has 0 bridgehead atoms. The van der Waals surface area contributed by atoms with Crippen molar-refractivity contribution in [3.05, 3.63) is 90.1 Å². The van der Waals surface area contributed by atoms with Crippen LogP contribution in [0.3, 0.4) is 0 Å². The lowest BCUT2D eigenvalue weighted by molar-refractivity contribution is -0.213. The average molecular weight is 696 g/mol. The summed E-state index contributed by atoms with van der Waals surface area (Å²) >= 11 is 0. The number of carbonyl (C=O) groups is 5. The fraction of sp³-hybridized carbons (Fsp3) is 0.421. The van der Waals surface area contributed by atoms with Crippen LogP contribution in [-0.2, 0) is 25.6 Å². The van der Waals surface area contributed by atoms with Gasteiger partial charge in [0.15, 0.2) is 17.7 Å². The molecule has 0 saturated heterocycles. The van der Waals surface area contributed by atoms with E-state index in [4.69, 9.17) is 0 Å². The molecule has 50 heavy (non-hydrogen) atoms. The third kappa shape index (κ3) is 12.0. The number of carbonyl (C=O) groups excluding carboxylic acids is 5. The fourth-order valence-electron chi connectivity index (χ4n) is 5.42. The molecule has 0 fully saturated rings. The van der Waals surface area contributed by atoms with Gasteiger partial charge < -0.3 is 20.5 Å². The van der Waals surface area contributed by atoms with E-state index in [1.54, 1.807) is 56.3 Å². The van der Waals surface area contributed by atoms with E-state index in [1.165, 1.54) is 20.0 Å². The van der Waals surface area contributed by atoms with E-state index < -0.39 is 72.4 Å². The van der Waals surface area contributed by atoms with Crippen LogP contribution in [0.4, 0.5) is 13.2 Å². The van der Waals surface area contributed by atoms with E-state index in [-0.39, 0.29) is 31.0 Å². The first-order valence-corrected chi connectivity index (χ1v) is 16.5. The quantitative estimate of drug-likeness (QED) is 0.145. The summed E-state index contributed by atoms with van der Waals surface area (Å²) in [6.45, 7) is 6.10. The van der Waals surface area contributed by atoms with Crippen molar-refractivity contribution in [1.29, 1.82) is 0 Å². The highest BCUT2D eigenvalue weighted by Crippen LogP contribution is 2.25. The molecule has 5 atom stereocenters. The number of nitrogens with zero attached hydrogens (tertiary/aromatic N) is 1. The molecule has 2 aromatic carbocycles. The Morgan fingerprint density at radius 3 is 1.98 bits per heavy atom. The second kappa shape index (κ2) is 18.3. The van der Waals surface area contributed by atoms with Gasteiger partial charge in [-0.2, -0.15) is 13.2 Å². The lowest BCUT2D eigenvalue weighted by atomic mass is 9.87. The zero-order valence-electron chi connectivity index (χ0n) is 28.6. The highest BCUT2D eigenvalue weighted by Gasteiger charge is 2.44. The van der Waals surface area contributed by atoms with Crippen LogP contribution in [0.25, 0.3) is 11.3 Å². The smallest absolute Gasteiger partial charge is 0.382 e. The largest absolute Gasteiger partial charge is 0.416 e. The van der Waals surface area contributed by atoms with E-state index >= 15 is 0 Å². The van der Waals surface area contributed by atoms with E-state index in [2.05, 4.69) is 15.6 Å². The third-order valence-corrected chi connectivity index (χ3v) is 8.50. The maximum absolute atomic E-state index is 13.7. The van der Waals surface area contributed by atoms with Crippen LogP contribution in [0.1, 0.15) is 69.3 Å². The summed E-state index contributed by atoms with van der Waals surface area (Å²) in [6.07, 6.45) is -7.75. The first kappa shape index (κ1) is 39.7. The topological polar surface area (TPSA) is 143 Å². The van der Waals surface area contributed by atoms with Gasteiger partial charge in [-0.1, -0.05) is 81.4 Å². The molecule has 1 heterocycles. The molecule has 0 saturated carbocycles. The summed E-state index contributed by atoms with van der Waals surface area (Å²) in [5, 5.41) is 14.7. The number of Topliss-reactive ketones (excluding diaryl/α,β-unsaturated/α-hetero) is 3. The molecule has 3 aromatic rings. The zero-order chi connectivity index (χ0) is 37.0. The van der Waals surface area contributed by atoms with E-state index in [9.17, 15) is 42.3 Å². The van der Waals surface area contributed by atoms with Crippen molar-refractivity contribution in [1.82, 2.24) is 15.6 Å². The molecule has 9 nitrogen and oxygen atoms in total. The van der Waals surface area contributed by atoms with Crippen molar-refractivity contribution in [3.8, 4) is 11.3 Å². The molecule has 0 spiro atoms. The van der Waals surface area contributed by atoms with Crippen LogP contribution in [0.5, 0.6) is 0 Å². The van der Waals surface area contributed by atoms with Crippen molar-refractivity contribution >= 4 is 29.2 Å². The van der Waals surface area contributed by atoms with Gasteiger partial charge in [0.05, 0.1) is 17.8 Å². The van der Waals surface area contributed by atoms with Gasteiger partial charge in [0.2, 0.25) is 11.8 Å². The third-order valence-electron chi connectivity index (χ3n) is 8.50. The van der Waals surface area contributed by atoms with Gasteiger partial charge in [0.1, 0.15) is 5.78 Å². The summed E-state index contributed by atoms with van der Waals surface area (Å²) in [5.74, 6) is -4.96.